The highest BCUT2D eigenvalue weighted by atomic mass is 35.5. The number of thiocarbonyl (C=S) groups is 1. The molecule has 3 heterocycles. The summed E-state index contributed by atoms with van der Waals surface area (Å²) in [7, 11) is 1.39. The van der Waals surface area contributed by atoms with Crippen LogP contribution in [0.15, 0.2) is 48.7 Å². The number of aromatic nitrogens is 2. The molecule has 0 unspecified atom stereocenters. The molecular weight excluding hydrogens is 479 g/mol. The fraction of sp³-hybridized carbons (Fsp3) is 0.292. The first-order chi connectivity index (χ1) is 15.8. The molecule has 33 heavy (non-hydrogen) atoms. The predicted molar refractivity (Wildman–Crippen MR) is 134 cm³/mol. The van der Waals surface area contributed by atoms with E-state index in [-0.39, 0.29) is 24.5 Å². The number of carbonyl (C=O) groups excluding carboxylic acids is 1. The molecule has 3 aromatic rings. The third kappa shape index (κ3) is 4.45. The van der Waals surface area contributed by atoms with Gasteiger partial charge < -0.3 is 19.5 Å². The first-order valence-corrected chi connectivity index (χ1v) is 11.7. The van der Waals surface area contributed by atoms with Gasteiger partial charge in [0.1, 0.15) is 0 Å². The molecule has 2 aromatic heterocycles. The molecular formula is C24H24Cl2N4O2S. The van der Waals surface area contributed by atoms with Crippen molar-refractivity contribution in [1.29, 1.82) is 0 Å². The molecule has 172 valence electrons. The van der Waals surface area contributed by atoms with Gasteiger partial charge in [-0.1, -0.05) is 35.3 Å². The van der Waals surface area contributed by atoms with E-state index in [0.717, 1.165) is 28.3 Å². The summed E-state index contributed by atoms with van der Waals surface area (Å²) >= 11 is 18.5. The topological polar surface area (TPSA) is 59.4 Å². The van der Waals surface area contributed by atoms with E-state index in [1.807, 2.05) is 42.2 Å². The first kappa shape index (κ1) is 23.5. The summed E-state index contributed by atoms with van der Waals surface area (Å²) in [6, 6.07) is 13.2. The average Bonchev–Trinajstić information content (AvgIpc) is 3.29. The molecule has 4 rings (SSSR count). The molecule has 0 amide bonds. The molecule has 9 heteroatoms. The molecule has 0 spiro atoms. The number of esters is 1. The zero-order chi connectivity index (χ0) is 23.7. The van der Waals surface area contributed by atoms with Crippen molar-refractivity contribution in [3.8, 4) is 5.69 Å². The highest BCUT2D eigenvalue weighted by molar-refractivity contribution is 7.80. The van der Waals surface area contributed by atoms with E-state index < -0.39 is 0 Å². The van der Waals surface area contributed by atoms with Gasteiger partial charge in [0.15, 0.2) is 5.11 Å². The lowest BCUT2D eigenvalue weighted by Gasteiger charge is -2.28. The standard InChI is InChI=1S/C24H24Cl2N4O2S/c1-14-13-16(15(2)30(14)19-9-6-7-17(25)21(19)26)23-22(18-8-4-5-11-27-18)28-24(33)29(23)12-10-20(31)32-3/h4-9,11,13,22-23H,10,12H2,1-3H3,(H,28,33)/t22-,23+/m1/s1. The second kappa shape index (κ2) is 9.71. The molecule has 1 aromatic carbocycles. The summed E-state index contributed by atoms with van der Waals surface area (Å²) < 4.78 is 6.95. The molecule has 2 atom stereocenters. The molecule has 1 N–H and O–H groups in total. The molecule has 1 fully saturated rings. The van der Waals surface area contributed by atoms with Crippen molar-refractivity contribution >= 4 is 46.5 Å². The number of hydrogen-bond acceptors (Lipinski definition) is 4. The summed E-state index contributed by atoms with van der Waals surface area (Å²) in [6.45, 7) is 4.51. The van der Waals surface area contributed by atoms with Gasteiger partial charge in [0.25, 0.3) is 0 Å². The van der Waals surface area contributed by atoms with Crippen LogP contribution in [0.3, 0.4) is 0 Å². The summed E-state index contributed by atoms with van der Waals surface area (Å²) in [4.78, 5) is 18.5. The minimum atomic E-state index is -0.283. The van der Waals surface area contributed by atoms with Crippen molar-refractivity contribution in [2.45, 2.75) is 32.4 Å². The van der Waals surface area contributed by atoms with Gasteiger partial charge in [-0.15, -0.1) is 0 Å². The van der Waals surface area contributed by atoms with Gasteiger partial charge in [-0.2, -0.15) is 0 Å². The van der Waals surface area contributed by atoms with E-state index in [1.165, 1.54) is 7.11 Å². The Kier molecular flexibility index (Phi) is 6.93. The van der Waals surface area contributed by atoms with Crippen molar-refractivity contribution in [3.63, 3.8) is 0 Å². The van der Waals surface area contributed by atoms with E-state index in [4.69, 9.17) is 40.2 Å². The van der Waals surface area contributed by atoms with E-state index in [9.17, 15) is 4.79 Å². The third-order valence-electron chi connectivity index (χ3n) is 5.94. The fourth-order valence-corrected chi connectivity index (χ4v) is 5.13. The smallest absolute Gasteiger partial charge is 0.307 e. The Hall–Kier alpha value is -2.61. The van der Waals surface area contributed by atoms with Gasteiger partial charge >= 0.3 is 5.97 Å². The van der Waals surface area contributed by atoms with Crippen molar-refractivity contribution in [2.24, 2.45) is 0 Å². The monoisotopic (exact) mass is 502 g/mol. The summed E-state index contributed by atoms with van der Waals surface area (Å²) in [5.41, 5.74) is 4.77. The molecule has 0 aliphatic carbocycles. The van der Waals surface area contributed by atoms with Crippen LogP contribution in [-0.2, 0) is 9.53 Å². The number of rotatable bonds is 6. The normalized spacial score (nSPS) is 17.8. The Labute approximate surface area is 208 Å². The lowest BCUT2D eigenvalue weighted by atomic mass is 9.96. The van der Waals surface area contributed by atoms with Crippen LogP contribution in [0.4, 0.5) is 0 Å². The Bertz CT molecular complexity index is 1200. The van der Waals surface area contributed by atoms with Crippen LogP contribution in [-0.4, -0.2) is 39.2 Å². The highest BCUT2D eigenvalue weighted by Crippen LogP contribution is 2.42. The first-order valence-electron chi connectivity index (χ1n) is 10.5. The lowest BCUT2D eigenvalue weighted by Crippen LogP contribution is -2.32. The van der Waals surface area contributed by atoms with Crippen LogP contribution in [0.5, 0.6) is 0 Å². The predicted octanol–water partition coefficient (Wildman–Crippen LogP) is 5.33. The summed E-state index contributed by atoms with van der Waals surface area (Å²) in [6.07, 6.45) is 1.99. The van der Waals surface area contributed by atoms with Crippen molar-refractivity contribution < 1.29 is 9.53 Å². The van der Waals surface area contributed by atoms with Gasteiger partial charge in [-0.25, -0.2) is 0 Å². The molecule has 0 bridgehead atoms. The van der Waals surface area contributed by atoms with Crippen molar-refractivity contribution in [1.82, 2.24) is 19.8 Å². The summed E-state index contributed by atoms with van der Waals surface area (Å²) in [5, 5.41) is 4.98. The van der Waals surface area contributed by atoms with Crippen LogP contribution in [0.1, 0.15) is 41.1 Å². The minimum Gasteiger partial charge on any atom is -0.469 e. The lowest BCUT2D eigenvalue weighted by molar-refractivity contribution is -0.140. The number of pyridine rings is 1. The van der Waals surface area contributed by atoms with Gasteiger partial charge in [-0.3, -0.25) is 9.78 Å². The minimum absolute atomic E-state index is 0.171. The van der Waals surface area contributed by atoms with E-state index in [1.54, 1.807) is 12.3 Å². The zero-order valence-electron chi connectivity index (χ0n) is 18.5. The van der Waals surface area contributed by atoms with Gasteiger partial charge in [0.2, 0.25) is 0 Å². The van der Waals surface area contributed by atoms with E-state index in [0.29, 0.717) is 21.7 Å². The second-order valence-corrected chi connectivity index (χ2v) is 9.05. The average molecular weight is 503 g/mol. The summed E-state index contributed by atoms with van der Waals surface area (Å²) in [5.74, 6) is -0.283. The van der Waals surface area contributed by atoms with E-state index >= 15 is 0 Å². The van der Waals surface area contributed by atoms with Crippen LogP contribution < -0.4 is 5.32 Å². The molecule has 1 aliphatic rings. The SMILES string of the molecule is COC(=O)CCN1C(=S)N[C@H](c2ccccn2)[C@@H]1c1cc(C)n(-c2cccc(Cl)c2Cl)c1C. The van der Waals surface area contributed by atoms with Crippen molar-refractivity contribution in [3.05, 3.63) is 81.4 Å². The Morgan fingerprint density at radius 2 is 2.00 bits per heavy atom. The number of aryl methyl sites for hydroxylation is 1. The maximum atomic E-state index is 11.9. The highest BCUT2D eigenvalue weighted by Gasteiger charge is 2.41. The van der Waals surface area contributed by atoms with Crippen LogP contribution in [0, 0.1) is 13.8 Å². The molecule has 0 saturated carbocycles. The molecule has 6 nitrogen and oxygen atoms in total. The number of carbonyl (C=O) groups is 1. The number of hydrogen-bond donors (Lipinski definition) is 1. The molecule has 0 radical (unpaired) electrons. The molecule has 1 aliphatic heterocycles. The van der Waals surface area contributed by atoms with Gasteiger partial charge in [-0.05, 0) is 62.0 Å². The number of halogens is 2. The van der Waals surface area contributed by atoms with Gasteiger partial charge in [0.05, 0.1) is 47.0 Å². The maximum absolute atomic E-state index is 11.9. The number of benzene rings is 1. The Morgan fingerprint density at radius 3 is 2.70 bits per heavy atom. The van der Waals surface area contributed by atoms with Crippen LogP contribution in [0.25, 0.3) is 5.69 Å². The third-order valence-corrected chi connectivity index (χ3v) is 7.10. The maximum Gasteiger partial charge on any atom is 0.307 e. The number of ether oxygens (including phenoxy) is 1. The largest absolute Gasteiger partial charge is 0.469 e. The van der Waals surface area contributed by atoms with Gasteiger partial charge in [0, 0.05) is 24.1 Å². The Morgan fingerprint density at radius 1 is 1.21 bits per heavy atom. The fourth-order valence-electron chi connectivity index (χ4n) is 4.42. The second-order valence-electron chi connectivity index (χ2n) is 7.88. The number of methoxy groups -OCH3 is 1. The zero-order valence-corrected chi connectivity index (χ0v) is 20.8. The number of nitrogens with zero attached hydrogens (tertiary/aromatic N) is 3. The quantitative estimate of drug-likeness (QED) is 0.363. The van der Waals surface area contributed by atoms with E-state index in [2.05, 4.69) is 27.9 Å². The number of nitrogens with one attached hydrogen (secondary N) is 1. The van der Waals surface area contributed by atoms with Crippen molar-refractivity contribution in [2.75, 3.05) is 13.7 Å². The molecule has 1 saturated heterocycles. The van der Waals surface area contributed by atoms with Crippen LogP contribution >= 0.6 is 35.4 Å². The Balaban J connectivity index is 1.82. The van der Waals surface area contributed by atoms with Crippen LogP contribution in [0.2, 0.25) is 10.0 Å².